The number of hydrogen-bond donors (Lipinski definition) is 1. The lowest BCUT2D eigenvalue weighted by molar-refractivity contribution is -0.118. The quantitative estimate of drug-likeness (QED) is 0.591. The highest BCUT2D eigenvalue weighted by molar-refractivity contribution is 7.17. The lowest BCUT2D eigenvalue weighted by Crippen LogP contribution is -2.20. The first-order valence-corrected chi connectivity index (χ1v) is 9.39. The molecule has 1 amide bonds. The molecule has 1 heterocycles. The summed E-state index contributed by atoms with van der Waals surface area (Å²) in [5, 5.41) is 4.12. The smallest absolute Gasteiger partial charge is 0.262 e. The second kappa shape index (κ2) is 8.33. The highest BCUT2D eigenvalue weighted by Crippen LogP contribution is 2.29. The monoisotopic (exact) mass is 400 g/mol. The Morgan fingerprint density at radius 3 is 2.37 bits per heavy atom. The normalized spacial score (nSPS) is 10.5. The number of carbonyl (C=O) groups excluding carboxylic acids is 2. The fourth-order valence-electron chi connectivity index (χ4n) is 2.42. The number of nitrogens with one attached hydrogen (secondary N) is 1. The maximum absolute atomic E-state index is 12.0. The number of aryl methyl sites for hydroxylation is 1. The van der Waals surface area contributed by atoms with Gasteiger partial charge in [0.1, 0.15) is 10.8 Å². The zero-order valence-corrected chi connectivity index (χ0v) is 16.4. The van der Waals surface area contributed by atoms with Gasteiger partial charge in [-0.1, -0.05) is 11.6 Å². The molecule has 0 fully saturated rings. The SMILES string of the molecule is CC(=O)c1sc(-c2ccc(OCC(=O)Nc3ccc(Cl)cc3)cc2)nc1C. The van der Waals surface area contributed by atoms with Crippen LogP contribution in [-0.2, 0) is 4.79 Å². The first kappa shape index (κ1) is 19.1. The van der Waals surface area contributed by atoms with Crippen molar-refractivity contribution in [1.29, 1.82) is 0 Å². The number of aromatic nitrogens is 1. The molecule has 0 radical (unpaired) electrons. The third-order valence-corrected chi connectivity index (χ3v) is 5.27. The Bertz CT molecular complexity index is 966. The molecule has 1 aromatic heterocycles. The van der Waals surface area contributed by atoms with Gasteiger partial charge in [0.2, 0.25) is 0 Å². The minimum Gasteiger partial charge on any atom is -0.484 e. The van der Waals surface area contributed by atoms with E-state index in [1.54, 1.807) is 36.4 Å². The topological polar surface area (TPSA) is 68.3 Å². The maximum atomic E-state index is 12.0. The third kappa shape index (κ3) is 4.93. The number of halogens is 1. The lowest BCUT2D eigenvalue weighted by Gasteiger charge is -2.08. The number of hydrogen-bond acceptors (Lipinski definition) is 5. The Morgan fingerprint density at radius 1 is 1.11 bits per heavy atom. The average Bonchev–Trinajstić information content (AvgIpc) is 3.04. The second-order valence-corrected chi connectivity index (χ2v) is 7.29. The van der Waals surface area contributed by atoms with E-state index in [-0.39, 0.29) is 18.3 Å². The number of rotatable bonds is 6. The van der Waals surface area contributed by atoms with E-state index in [1.807, 2.05) is 19.1 Å². The molecule has 5 nitrogen and oxygen atoms in total. The molecule has 0 saturated heterocycles. The number of thiazole rings is 1. The molecule has 1 N–H and O–H groups in total. The number of benzene rings is 2. The van der Waals surface area contributed by atoms with Gasteiger partial charge in [0.25, 0.3) is 5.91 Å². The molecule has 0 bridgehead atoms. The van der Waals surface area contributed by atoms with Gasteiger partial charge in [-0.15, -0.1) is 11.3 Å². The number of ketones is 1. The van der Waals surface area contributed by atoms with Crippen LogP contribution in [-0.4, -0.2) is 23.3 Å². The number of Topliss-reactive ketones (excluding diaryl/α,β-unsaturated/α-hetero) is 1. The number of ether oxygens (including phenoxy) is 1. The third-order valence-electron chi connectivity index (χ3n) is 3.72. The lowest BCUT2D eigenvalue weighted by atomic mass is 10.2. The van der Waals surface area contributed by atoms with Crippen molar-refractivity contribution in [1.82, 2.24) is 4.98 Å². The van der Waals surface area contributed by atoms with Crippen LogP contribution in [0.3, 0.4) is 0 Å². The molecule has 0 aliphatic carbocycles. The molecule has 0 unspecified atom stereocenters. The maximum Gasteiger partial charge on any atom is 0.262 e. The Labute approximate surface area is 166 Å². The minimum atomic E-state index is -0.261. The summed E-state index contributed by atoms with van der Waals surface area (Å²) in [5.74, 6) is 0.330. The van der Waals surface area contributed by atoms with E-state index in [0.29, 0.717) is 21.3 Å². The molecule has 3 rings (SSSR count). The van der Waals surface area contributed by atoms with Crippen molar-refractivity contribution in [3.63, 3.8) is 0 Å². The Hall–Kier alpha value is -2.70. The van der Waals surface area contributed by atoms with Gasteiger partial charge in [0.15, 0.2) is 12.4 Å². The van der Waals surface area contributed by atoms with E-state index in [1.165, 1.54) is 18.3 Å². The van der Waals surface area contributed by atoms with E-state index in [2.05, 4.69) is 10.3 Å². The van der Waals surface area contributed by atoms with Gasteiger partial charge >= 0.3 is 0 Å². The number of amides is 1. The minimum absolute atomic E-state index is 0.0166. The van der Waals surface area contributed by atoms with Crippen LogP contribution in [0, 0.1) is 6.92 Å². The number of anilines is 1. The molecular formula is C20H17ClN2O3S. The summed E-state index contributed by atoms with van der Waals surface area (Å²) in [4.78, 5) is 28.6. The van der Waals surface area contributed by atoms with Crippen LogP contribution in [0.15, 0.2) is 48.5 Å². The highest BCUT2D eigenvalue weighted by atomic mass is 35.5. The van der Waals surface area contributed by atoms with Gasteiger partial charge < -0.3 is 10.1 Å². The van der Waals surface area contributed by atoms with E-state index in [9.17, 15) is 9.59 Å². The van der Waals surface area contributed by atoms with Gasteiger partial charge in [-0.2, -0.15) is 0 Å². The first-order valence-electron chi connectivity index (χ1n) is 8.19. The molecular weight excluding hydrogens is 384 g/mol. The molecule has 0 atom stereocenters. The average molecular weight is 401 g/mol. The molecule has 7 heteroatoms. The number of nitrogens with zero attached hydrogens (tertiary/aromatic N) is 1. The van der Waals surface area contributed by atoms with E-state index < -0.39 is 0 Å². The van der Waals surface area contributed by atoms with Crippen molar-refractivity contribution in [3.8, 4) is 16.3 Å². The summed E-state index contributed by atoms with van der Waals surface area (Å²) in [6.07, 6.45) is 0. The fraction of sp³-hybridized carbons (Fsp3) is 0.150. The van der Waals surface area contributed by atoms with Crippen molar-refractivity contribution in [2.45, 2.75) is 13.8 Å². The van der Waals surface area contributed by atoms with Crippen LogP contribution in [0.4, 0.5) is 5.69 Å². The van der Waals surface area contributed by atoms with Crippen LogP contribution < -0.4 is 10.1 Å². The molecule has 3 aromatic rings. The Balaban J connectivity index is 1.59. The molecule has 0 saturated carbocycles. The standard InChI is InChI=1S/C20H17ClN2O3S/c1-12-19(13(2)24)27-20(22-12)14-3-9-17(10-4-14)26-11-18(25)23-16-7-5-15(21)6-8-16/h3-10H,11H2,1-2H3,(H,23,25). The largest absolute Gasteiger partial charge is 0.484 e. The summed E-state index contributed by atoms with van der Waals surface area (Å²) >= 11 is 7.19. The van der Waals surface area contributed by atoms with Crippen molar-refractivity contribution >= 4 is 40.3 Å². The molecule has 0 spiro atoms. The summed E-state index contributed by atoms with van der Waals surface area (Å²) in [5.41, 5.74) is 2.29. The van der Waals surface area contributed by atoms with Crippen LogP contribution in [0.2, 0.25) is 5.02 Å². The number of carbonyl (C=O) groups is 2. The Morgan fingerprint density at radius 2 is 1.78 bits per heavy atom. The van der Waals surface area contributed by atoms with Crippen LogP contribution in [0.5, 0.6) is 5.75 Å². The summed E-state index contributed by atoms with van der Waals surface area (Å²) < 4.78 is 5.51. The Kier molecular flexibility index (Phi) is 5.88. The van der Waals surface area contributed by atoms with Crippen LogP contribution in [0.1, 0.15) is 22.3 Å². The van der Waals surface area contributed by atoms with Gasteiger partial charge in [-0.3, -0.25) is 9.59 Å². The van der Waals surface area contributed by atoms with Crippen LogP contribution in [0.25, 0.3) is 10.6 Å². The zero-order chi connectivity index (χ0) is 19.4. The van der Waals surface area contributed by atoms with Crippen molar-refractivity contribution in [2.75, 3.05) is 11.9 Å². The summed E-state index contributed by atoms with van der Waals surface area (Å²) in [6.45, 7) is 3.26. The van der Waals surface area contributed by atoms with E-state index in [0.717, 1.165) is 16.3 Å². The van der Waals surface area contributed by atoms with Gasteiger partial charge in [-0.25, -0.2) is 4.98 Å². The summed E-state index contributed by atoms with van der Waals surface area (Å²) in [7, 11) is 0. The van der Waals surface area contributed by atoms with Crippen LogP contribution >= 0.6 is 22.9 Å². The van der Waals surface area contributed by atoms with Crippen molar-refractivity contribution in [2.24, 2.45) is 0 Å². The van der Waals surface area contributed by atoms with E-state index >= 15 is 0 Å². The van der Waals surface area contributed by atoms with Crippen molar-refractivity contribution < 1.29 is 14.3 Å². The predicted molar refractivity (Wildman–Crippen MR) is 108 cm³/mol. The molecule has 27 heavy (non-hydrogen) atoms. The van der Waals surface area contributed by atoms with Gasteiger partial charge in [0.05, 0.1) is 10.6 Å². The molecule has 2 aromatic carbocycles. The fourth-order valence-corrected chi connectivity index (χ4v) is 3.51. The summed E-state index contributed by atoms with van der Waals surface area (Å²) in [6, 6.07) is 14.1. The molecule has 138 valence electrons. The first-order chi connectivity index (χ1) is 12.9. The second-order valence-electron chi connectivity index (χ2n) is 5.86. The van der Waals surface area contributed by atoms with E-state index in [4.69, 9.17) is 16.3 Å². The van der Waals surface area contributed by atoms with Gasteiger partial charge in [-0.05, 0) is 55.5 Å². The van der Waals surface area contributed by atoms with Gasteiger partial charge in [0, 0.05) is 23.2 Å². The zero-order valence-electron chi connectivity index (χ0n) is 14.8. The highest BCUT2D eigenvalue weighted by Gasteiger charge is 2.13. The predicted octanol–water partition coefficient (Wildman–Crippen LogP) is 4.99. The van der Waals surface area contributed by atoms with Crippen molar-refractivity contribution in [3.05, 3.63) is 64.1 Å². The molecule has 0 aliphatic rings. The molecule has 0 aliphatic heterocycles.